The third-order valence-corrected chi connectivity index (χ3v) is 9.37. The molecule has 1 heterocycles. The van der Waals surface area contributed by atoms with Crippen molar-refractivity contribution in [1.29, 1.82) is 0 Å². The minimum absolute atomic E-state index is 0.0844. The highest BCUT2D eigenvalue weighted by Crippen LogP contribution is 2.42. The summed E-state index contributed by atoms with van der Waals surface area (Å²) in [5, 5.41) is 10.8. The molecule has 0 unspecified atom stereocenters. The number of aromatic nitrogens is 1. The smallest absolute Gasteiger partial charge is 0.212 e. The number of nitrogens with one attached hydrogen (secondary N) is 1. The van der Waals surface area contributed by atoms with Crippen LogP contribution in [-0.2, 0) is 20.8 Å². The average Bonchev–Trinajstić information content (AvgIpc) is 3.66. The number of carbonyl (C=O) groups is 1. The number of hydrogen-bond donors (Lipinski definition) is 1. The van der Waals surface area contributed by atoms with Gasteiger partial charge in [0.2, 0.25) is 5.60 Å². The molecule has 1 N–H and O–H groups in total. The number of benzene rings is 6. The molecule has 7 aromatic rings. The topological polar surface area (TPSA) is 63.6 Å². The minimum Gasteiger partial charge on any atom is -0.374 e. The van der Waals surface area contributed by atoms with E-state index in [1.165, 1.54) is 11.3 Å². The Bertz CT molecular complexity index is 1930. The molecule has 6 aromatic carbocycles. The van der Waals surface area contributed by atoms with Crippen molar-refractivity contribution >= 4 is 28.5 Å². The second kappa shape index (κ2) is 14.3. The van der Waals surface area contributed by atoms with Gasteiger partial charge in [-0.3, -0.25) is 4.79 Å². The Morgan fingerprint density at radius 3 is 1.24 bits per heavy atom. The van der Waals surface area contributed by atoms with Crippen LogP contribution in [0.15, 0.2) is 193 Å². The first-order chi connectivity index (χ1) is 24.2. The first-order valence-corrected chi connectivity index (χ1v) is 16.9. The maximum atomic E-state index is 12.7. The molecule has 0 aliphatic carbocycles. The van der Waals surface area contributed by atoms with Gasteiger partial charge in [-0.25, -0.2) is 4.98 Å². The van der Waals surface area contributed by atoms with Crippen molar-refractivity contribution in [2.24, 2.45) is 5.16 Å². The molecular weight excluding hydrogens is 623 g/mol. The summed E-state index contributed by atoms with van der Waals surface area (Å²) in [5.41, 5.74) is 4.38. The molecule has 0 bridgehead atoms. The molecule has 238 valence electrons. The van der Waals surface area contributed by atoms with Crippen molar-refractivity contribution in [1.82, 2.24) is 4.98 Å². The lowest BCUT2D eigenvalue weighted by molar-refractivity contribution is -0.103. The Morgan fingerprint density at radius 2 is 0.898 bits per heavy atom. The van der Waals surface area contributed by atoms with Crippen molar-refractivity contribution in [3.8, 4) is 0 Å². The van der Waals surface area contributed by atoms with Crippen molar-refractivity contribution < 1.29 is 9.63 Å². The molecule has 49 heavy (non-hydrogen) atoms. The molecule has 0 radical (unpaired) electrons. The number of carbonyl (C=O) groups excluding carboxylic acids is 1. The molecule has 0 fully saturated rings. The average molecular weight is 656 g/mol. The number of rotatable bonds is 12. The third-order valence-electron chi connectivity index (χ3n) is 8.61. The first-order valence-electron chi connectivity index (χ1n) is 16.0. The van der Waals surface area contributed by atoms with E-state index < -0.39 is 11.1 Å². The van der Waals surface area contributed by atoms with E-state index >= 15 is 0 Å². The van der Waals surface area contributed by atoms with E-state index in [1.54, 1.807) is 0 Å². The lowest BCUT2D eigenvalue weighted by atomic mass is 9.77. The van der Waals surface area contributed by atoms with Crippen LogP contribution in [0.2, 0.25) is 0 Å². The van der Waals surface area contributed by atoms with E-state index in [9.17, 15) is 4.79 Å². The zero-order valence-electron chi connectivity index (χ0n) is 26.6. The Morgan fingerprint density at radius 1 is 0.551 bits per heavy atom. The van der Waals surface area contributed by atoms with Gasteiger partial charge in [-0.05, 0) is 16.7 Å². The highest BCUT2D eigenvalue weighted by Gasteiger charge is 2.40. The molecule has 6 heteroatoms. The lowest BCUT2D eigenvalue weighted by Crippen LogP contribution is -2.38. The van der Waals surface area contributed by atoms with Crippen LogP contribution in [0.25, 0.3) is 0 Å². The fourth-order valence-corrected chi connectivity index (χ4v) is 7.07. The summed E-state index contributed by atoms with van der Waals surface area (Å²) in [6, 6.07) is 60.8. The normalized spacial score (nSPS) is 11.9. The van der Waals surface area contributed by atoms with Crippen LogP contribution >= 0.6 is 11.3 Å². The molecule has 0 saturated heterocycles. The Kier molecular flexibility index (Phi) is 9.21. The number of aldehydes is 1. The summed E-state index contributed by atoms with van der Waals surface area (Å²) in [4.78, 5) is 24.3. The summed E-state index contributed by atoms with van der Waals surface area (Å²) in [7, 11) is 0. The van der Waals surface area contributed by atoms with Crippen LogP contribution in [0.1, 0.15) is 39.1 Å². The number of nitrogens with zero attached hydrogens (tertiary/aromatic N) is 2. The standard InChI is InChI=1S/C43H33N3O2S/c47-31-39(46-48-43(36-25-13-4-14-26-36,37-27-15-5-16-28-37)38-29-17-6-18-30-38)40-32-49-41(44-40)45-42(33-19-7-1-8-20-33,34-21-9-2-10-22-34)35-23-11-3-12-24-35/h1-32H,(H,44,45). The van der Waals surface area contributed by atoms with Crippen LogP contribution < -0.4 is 5.32 Å². The first kappa shape index (κ1) is 31.5. The summed E-state index contributed by atoms with van der Waals surface area (Å²) in [6.07, 6.45) is 0.698. The Balaban J connectivity index is 1.32. The van der Waals surface area contributed by atoms with Gasteiger partial charge in [0, 0.05) is 22.1 Å². The molecule has 0 saturated carbocycles. The van der Waals surface area contributed by atoms with Crippen molar-refractivity contribution in [3.63, 3.8) is 0 Å². The second-order valence-corrected chi connectivity index (χ2v) is 12.3. The lowest BCUT2D eigenvalue weighted by Gasteiger charge is -2.36. The predicted molar refractivity (Wildman–Crippen MR) is 198 cm³/mol. The Hall–Kier alpha value is -6.11. The van der Waals surface area contributed by atoms with Gasteiger partial charge in [-0.2, -0.15) is 0 Å². The monoisotopic (exact) mass is 655 g/mol. The molecular formula is C43H33N3O2S. The zero-order valence-corrected chi connectivity index (χ0v) is 27.4. The number of oxime groups is 1. The van der Waals surface area contributed by atoms with Gasteiger partial charge >= 0.3 is 0 Å². The number of thiazole rings is 1. The fourth-order valence-electron chi connectivity index (χ4n) is 6.31. The number of anilines is 1. The third kappa shape index (κ3) is 6.18. The van der Waals surface area contributed by atoms with Crippen LogP contribution in [0.3, 0.4) is 0 Å². The molecule has 1 aromatic heterocycles. The van der Waals surface area contributed by atoms with Crippen LogP contribution in [0.5, 0.6) is 0 Å². The predicted octanol–water partition coefficient (Wildman–Crippen LogP) is 9.46. The van der Waals surface area contributed by atoms with E-state index in [0.717, 1.165) is 33.4 Å². The van der Waals surface area contributed by atoms with Gasteiger partial charge in [0.05, 0.1) is 0 Å². The van der Waals surface area contributed by atoms with Gasteiger partial charge in [0.25, 0.3) is 0 Å². The van der Waals surface area contributed by atoms with Crippen molar-refractivity contribution in [3.05, 3.63) is 226 Å². The SMILES string of the molecule is O=CC(=NOC(c1ccccc1)(c1ccccc1)c1ccccc1)c1csc(NC(c2ccccc2)(c2ccccc2)c2ccccc2)n1. The van der Waals surface area contributed by atoms with Gasteiger partial charge in [0.15, 0.2) is 17.1 Å². The molecule has 0 aliphatic heterocycles. The molecule has 0 amide bonds. The molecule has 0 atom stereocenters. The largest absolute Gasteiger partial charge is 0.374 e. The second-order valence-electron chi connectivity index (χ2n) is 11.5. The molecule has 0 aliphatic rings. The van der Waals surface area contributed by atoms with E-state index in [1.807, 2.05) is 151 Å². The van der Waals surface area contributed by atoms with Crippen LogP contribution in [-0.4, -0.2) is 17.0 Å². The quantitative estimate of drug-likeness (QED) is 0.0617. The highest BCUT2D eigenvalue weighted by molar-refractivity contribution is 7.14. The number of hydrogen-bond acceptors (Lipinski definition) is 6. The fraction of sp³-hybridized carbons (Fsp3) is 0.0465. The van der Waals surface area contributed by atoms with E-state index in [4.69, 9.17) is 9.82 Å². The van der Waals surface area contributed by atoms with E-state index in [-0.39, 0.29) is 5.71 Å². The summed E-state index contributed by atoms with van der Waals surface area (Å²) in [5.74, 6) is 0. The molecule has 7 rings (SSSR count). The van der Waals surface area contributed by atoms with Crippen molar-refractivity contribution in [2.45, 2.75) is 11.1 Å². The zero-order chi connectivity index (χ0) is 33.4. The van der Waals surface area contributed by atoms with E-state index in [0.29, 0.717) is 17.1 Å². The summed E-state index contributed by atoms with van der Waals surface area (Å²) < 4.78 is 0. The summed E-state index contributed by atoms with van der Waals surface area (Å²) in [6.45, 7) is 0. The van der Waals surface area contributed by atoms with Crippen LogP contribution in [0, 0.1) is 0 Å². The maximum Gasteiger partial charge on any atom is 0.212 e. The van der Waals surface area contributed by atoms with Gasteiger partial charge < -0.3 is 10.2 Å². The molecule has 0 spiro atoms. The maximum absolute atomic E-state index is 12.7. The summed E-state index contributed by atoms with van der Waals surface area (Å²) >= 11 is 1.41. The molecule has 5 nitrogen and oxygen atoms in total. The van der Waals surface area contributed by atoms with Crippen molar-refractivity contribution in [2.75, 3.05) is 5.32 Å². The van der Waals surface area contributed by atoms with Gasteiger partial charge in [-0.1, -0.05) is 187 Å². The van der Waals surface area contributed by atoms with Gasteiger partial charge in [0.1, 0.15) is 11.2 Å². The van der Waals surface area contributed by atoms with Gasteiger partial charge in [-0.15, -0.1) is 11.3 Å². The minimum atomic E-state index is -1.13. The van der Waals surface area contributed by atoms with E-state index in [2.05, 4.69) is 46.9 Å². The highest BCUT2D eigenvalue weighted by atomic mass is 32.1. The Labute approximate surface area is 290 Å². The van der Waals surface area contributed by atoms with Crippen LogP contribution in [0.4, 0.5) is 5.13 Å².